The molecule has 148 valence electrons. The first-order valence-corrected chi connectivity index (χ1v) is 10.5. The maximum atomic E-state index is 13.0. The van der Waals surface area contributed by atoms with Gasteiger partial charge in [0.25, 0.3) is 11.8 Å². The molecule has 1 N–H and O–H groups in total. The number of carbonyl (C=O) groups excluding carboxylic acids is 2. The van der Waals surface area contributed by atoms with E-state index in [-0.39, 0.29) is 11.8 Å². The van der Waals surface area contributed by atoms with Crippen molar-refractivity contribution >= 4 is 17.3 Å². The van der Waals surface area contributed by atoms with Crippen molar-refractivity contribution < 1.29 is 9.59 Å². The predicted octanol–water partition coefficient (Wildman–Crippen LogP) is 3.58. The topological polar surface area (TPSA) is 66.7 Å². The molecule has 2 aromatic heterocycles. The van der Waals surface area contributed by atoms with Crippen LogP contribution in [-0.2, 0) is 0 Å². The van der Waals surface area contributed by atoms with E-state index in [0.29, 0.717) is 23.6 Å². The van der Waals surface area contributed by atoms with Gasteiger partial charge >= 0.3 is 0 Å². The van der Waals surface area contributed by atoms with Crippen LogP contribution in [0, 0.1) is 0 Å². The number of hydrogen-bond donors (Lipinski definition) is 1. The van der Waals surface area contributed by atoms with E-state index in [2.05, 4.69) is 16.4 Å². The quantitative estimate of drug-likeness (QED) is 0.806. The van der Waals surface area contributed by atoms with Crippen molar-refractivity contribution in [2.75, 3.05) is 19.6 Å². The molecular formula is C22H28N4O2. The van der Waals surface area contributed by atoms with Crippen molar-refractivity contribution in [3.8, 4) is 0 Å². The van der Waals surface area contributed by atoms with E-state index in [1.807, 2.05) is 29.3 Å². The molecule has 28 heavy (non-hydrogen) atoms. The fourth-order valence-corrected chi connectivity index (χ4v) is 4.15. The molecule has 0 aromatic carbocycles. The highest BCUT2D eigenvalue weighted by molar-refractivity contribution is 6.02. The van der Waals surface area contributed by atoms with Gasteiger partial charge in [-0.25, -0.2) is 4.98 Å². The first-order valence-electron chi connectivity index (χ1n) is 10.5. The summed E-state index contributed by atoms with van der Waals surface area (Å²) in [6.45, 7) is 2.13. The number of fused-ring (bicyclic) bond motifs is 1. The van der Waals surface area contributed by atoms with Crippen molar-refractivity contribution in [3.05, 3.63) is 47.6 Å². The molecule has 0 bridgehead atoms. The maximum Gasteiger partial charge on any atom is 0.290 e. The Balaban J connectivity index is 1.51. The summed E-state index contributed by atoms with van der Waals surface area (Å²) in [4.78, 5) is 32.1. The van der Waals surface area contributed by atoms with E-state index in [9.17, 15) is 9.59 Å². The highest BCUT2D eigenvalue weighted by atomic mass is 16.2. The summed E-state index contributed by atoms with van der Waals surface area (Å²) < 4.78 is 1.75. The summed E-state index contributed by atoms with van der Waals surface area (Å²) in [6, 6.07) is 5.58. The molecule has 0 unspecified atom stereocenters. The minimum Gasteiger partial charge on any atom is -0.350 e. The van der Waals surface area contributed by atoms with E-state index in [1.165, 1.54) is 18.4 Å². The van der Waals surface area contributed by atoms with E-state index in [0.717, 1.165) is 51.6 Å². The van der Waals surface area contributed by atoms with Crippen LogP contribution in [0.3, 0.4) is 0 Å². The SMILES string of the molecule is O=C(NCCC1=CCCCC1)c1nc(C(=O)N2CCCCC2)n2ccccc12. The van der Waals surface area contributed by atoms with Crippen LogP contribution in [0.15, 0.2) is 36.0 Å². The van der Waals surface area contributed by atoms with Gasteiger partial charge in [-0.05, 0) is 63.5 Å². The molecule has 4 rings (SSSR count). The monoisotopic (exact) mass is 380 g/mol. The van der Waals surface area contributed by atoms with Crippen molar-refractivity contribution in [2.24, 2.45) is 0 Å². The number of likely N-dealkylation sites (tertiary alicyclic amines) is 1. The number of hydrogen-bond acceptors (Lipinski definition) is 3. The number of rotatable bonds is 5. The first kappa shape index (κ1) is 18.7. The van der Waals surface area contributed by atoms with Crippen molar-refractivity contribution in [1.29, 1.82) is 0 Å². The third kappa shape index (κ3) is 3.96. The number of allylic oxidation sites excluding steroid dienone is 1. The van der Waals surface area contributed by atoms with E-state index in [1.54, 1.807) is 4.40 Å². The minimum atomic E-state index is -0.210. The van der Waals surface area contributed by atoms with Gasteiger partial charge in [0.15, 0.2) is 5.69 Å². The van der Waals surface area contributed by atoms with E-state index >= 15 is 0 Å². The Morgan fingerprint density at radius 1 is 1.07 bits per heavy atom. The number of pyridine rings is 1. The van der Waals surface area contributed by atoms with Gasteiger partial charge in [0.1, 0.15) is 0 Å². The van der Waals surface area contributed by atoms with Crippen LogP contribution in [0.2, 0.25) is 0 Å². The largest absolute Gasteiger partial charge is 0.350 e. The number of aromatic nitrogens is 2. The number of nitrogens with zero attached hydrogens (tertiary/aromatic N) is 3. The highest BCUT2D eigenvalue weighted by Gasteiger charge is 2.26. The number of amides is 2. The fraction of sp³-hybridized carbons (Fsp3) is 0.500. The highest BCUT2D eigenvalue weighted by Crippen LogP contribution is 2.20. The average Bonchev–Trinajstić information content (AvgIpc) is 3.14. The zero-order valence-corrected chi connectivity index (χ0v) is 16.3. The summed E-state index contributed by atoms with van der Waals surface area (Å²) >= 11 is 0. The smallest absolute Gasteiger partial charge is 0.290 e. The molecule has 6 nitrogen and oxygen atoms in total. The van der Waals surface area contributed by atoms with Crippen LogP contribution in [0.25, 0.3) is 5.52 Å². The zero-order valence-electron chi connectivity index (χ0n) is 16.3. The molecule has 1 aliphatic heterocycles. The van der Waals surface area contributed by atoms with Crippen LogP contribution in [-0.4, -0.2) is 45.7 Å². The van der Waals surface area contributed by atoms with Crippen LogP contribution >= 0.6 is 0 Å². The second-order valence-corrected chi connectivity index (χ2v) is 7.71. The Hall–Kier alpha value is -2.63. The van der Waals surface area contributed by atoms with Gasteiger partial charge in [-0.15, -0.1) is 0 Å². The molecule has 2 aromatic rings. The molecule has 6 heteroatoms. The zero-order chi connectivity index (χ0) is 19.3. The molecule has 0 radical (unpaired) electrons. The van der Waals surface area contributed by atoms with Gasteiger partial charge in [0.2, 0.25) is 5.82 Å². The fourth-order valence-electron chi connectivity index (χ4n) is 4.15. The lowest BCUT2D eigenvalue weighted by Crippen LogP contribution is -2.36. The molecule has 1 fully saturated rings. The standard InChI is InChI=1S/C22H28N4O2/c27-21(23-13-12-17-9-3-1-4-10-17)19-18-11-5-8-16-26(18)20(24-19)22(28)25-14-6-2-7-15-25/h5,8-9,11,16H,1-4,6-7,10,12-15H2,(H,23,27). The van der Waals surface area contributed by atoms with Gasteiger partial charge in [-0.3, -0.25) is 14.0 Å². The third-order valence-electron chi connectivity index (χ3n) is 5.71. The Morgan fingerprint density at radius 2 is 1.93 bits per heavy atom. The average molecular weight is 380 g/mol. The molecule has 3 heterocycles. The summed E-state index contributed by atoms with van der Waals surface area (Å²) in [5, 5.41) is 2.99. The molecular weight excluding hydrogens is 352 g/mol. The molecule has 1 saturated heterocycles. The predicted molar refractivity (Wildman–Crippen MR) is 108 cm³/mol. The van der Waals surface area contributed by atoms with Gasteiger partial charge in [-0.1, -0.05) is 17.7 Å². The van der Waals surface area contributed by atoms with Crippen molar-refractivity contribution in [3.63, 3.8) is 0 Å². The van der Waals surface area contributed by atoms with Crippen LogP contribution < -0.4 is 5.32 Å². The van der Waals surface area contributed by atoms with Gasteiger partial charge in [0, 0.05) is 25.8 Å². The van der Waals surface area contributed by atoms with Crippen molar-refractivity contribution in [2.45, 2.75) is 51.4 Å². The number of nitrogens with one attached hydrogen (secondary N) is 1. The second kappa shape index (κ2) is 8.59. The molecule has 0 saturated carbocycles. The van der Waals surface area contributed by atoms with Crippen molar-refractivity contribution in [1.82, 2.24) is 19.6 Å². The number of carbonyl (C=O) groups is 2. The summed E-state index contributed by atoms with van der Waals surface area (Å²) in [5.41, 5.74) is 2.44. The molecule has 1 aliphatic carbocycles. The lowest BCUT2D eigenvalue weighted by atomic mass is 9.97. The summed E-state index contributed by atoms with van der Waals surface area (Å²) in [5.74, 6) is 0.0303. The molecule has 2 amide bonds. The Kier molecular flexibility index (Phi) is 5.74. The van der Waals surface area contributed by atoms with Gasteiger partial charge < -0.3 is 10.2 Å². The summed E-state index contributed by atoms with van der Waals surface area (Å²) in [7, 11) is 0. The third-order valence-corrected chi connectivity index (χ3v) is 5.71. The number of piperidine rings is 1. The lowest BCUT2D eigenvalue weighted by molar-refractivity contribution is 0.0711. The normalized spacial score (nSPS) is 17.4. The van der Waals surface area contributed by atoms with Crippen LogP contribution in [0.5, 0.6) is 0 Å². The van der Waals surface area contributed by atoms with Crippen LogP contribution in [0.1, 0.15) is 72.5 Å². The maximum absolute atomic E-state index is 13.0. The van der Waals surface area contributed by atoms with Gasteiger partial charge in [-0.2, -0.15) is 0 Å². The first-order chi connectivity index (χ1) is 13.7. The second-order valence-electron chi connectivity index (χ2n) is 7.71. The molecule has 0 spiro atoms. The number of imidazole rings is 1. The van der Waals surface area contributed by atoms with E-state index < -0.39 is 0 Å². The Labute approximate surface area is 165 Å². The molecule has 0 atom stereocenters. The minimum absolute atomic E-state index is 0.0905. The Bertz CT molecular complexity index is 893. The van der Waals surface area contributed by atoms with Gasteiger partial charge in [0.05, 0.1) is 5.52 Å². The lowest BCUT2D eigenvalue weighted by Gasteiger charge is -2.25. The molecule has 2 aliphatic rings. The van der Waals surface area contributed by atoms with E-state index in [4.69, 9.17) is 0 Å². The Morgan fingerprint density at radius 3 is 2.71 bits per heavy atom. The van der Waals surface area contributed by atoms with Crippen LogP contribution in [0.4, 0.5) is 0 Å². The summed E-state index contributed by atoms with van der Waals surface area (Å²) in [6.07, 6.45) is 13.0.